The average Bonchev–Trinajstić information content (AvgIpc) is 3.08. The summed E-state index contributed by atoms with van der Waals surface area (Å²) in [6.07, 6.45) is 1.45. The lowest BCUT2D eigenvalue weighted by Gasteiger charge is -2.28. The number of thiophene rings is 1. The normalized spacial score (nSPS) is 17.4. The van der Waals surface area contributed by atoms with Crippen LogP contribution in [0.25, 0.3) is 10.6 Å². The largest absolute Gasteiger partial charge is 0.328 e. The van der Waals surface area contributed by atoms with Crippen molar-refractivity contribution in [1.82, 2.24) is 9.29 Å². The minimum atomic E-state index is -3.39. The van der Waals surface area contributed by atoms with Crippen molar-refractivity contribution in [3.63, 3.8) is 0 Å². The van der Waals surface area contributed by atoms with Crippen LogP contribution < -0.4 is 5.73 Å². The molecule has 0 aliphatic carbocycles. The first-order chi connectivity index (χ1) is 9.96. The monoisotopic (exact) mass is 379 g/mol. The number of aromatic nitrogens is 1. The van der Waals surface area contributed by atoms with E-state index in [0.29, 0.717) is 17.3 Å². The van der Waals surface area contributed by atoms with Crippen LogP contribution in [-0.4, -0.2) is 36.8 Å². The molecule has 2 aromatic heterocycles. The molecule has 22 heavy (non-hydrogen) atoms. The molecule has 1 aliphatic heterocycles. The SMILES string of the molecule is Cc1nc(-c2ccc(S(=O)(=O)N3CCC(N)CC3)s2)cs1.Cl. The second kappa shape index (κ2) is 6.94. The predicted octanol–water partition coefficient (Wildman–Crippen LogP) is 2.71. The molecule has 1 fully saturated rings. The third-order valence-corrected chi connectivity index (χ3v) is 7.79. The van der Waals surface area contributed by atoms with Crippen molar-refractivity contribution in [3.05, 3.63) is 22.5 Å². The molecule has 9 heteroatoms. The summed E-state index contributed by atoms with van der Waals surface area (Å²) in [6, 6.07) is 3.63. The van der Waals surface area contributed by atoms with Crippen molar-refractivity contribution in [2.24, 2.45) is 5.73 Å². The molecule has 0 saturated carbocycles. The van der Waals surface area contributed by atoms with Crippen molar-refractivity contribution in [2.45, 2.75) is 30.0 Å². The molecule has 122 valence electrons. The summed E-state index contributed by atoms with van der Waals surface area (Å²) in [5.74, 6) is 0. The molecule has 3 rings (SSSR count). The van der Waals surface area contributed by atoms with Crippen molar-refractivity contribution < 1.29 is 8.42 Å². The molecule has 2 N–H and O–H groups in total. The fourth-order valence-electron chi connectivity index (χ4n) is 2.32. The topological polar surface area (TPSA) is 76.3 Å². The Balaban J connectivity index is 0.00000176. The molecule has 0 bridgehead atoms. The third-order valence-electron chi connectivity index (χ3n) is 3.55. The van der Waals surface area contributed by atoms with Gasteiger partial charge in [-0.1, -0.05) is 0 Å². The molecule has 3 heterocycles. The fourth-order valence-corrected chi connectivity index (χ4v) is 5.89. The van der Waals surface area contributed by atoms with E-state index in [9.17, 15) is 8.42 Å². The van der Waals surface area contributed by atoms with Crippen molar-refractivity contribution in [1.29, 1.82) is 0 Å². The minimum Gasteiger partial charge on any atom is -0.328 e. The van der Waals surface area contributed by atoms with E-state index in [0.717, 1.165) is 28.4 Å². The van der Waals surface area contributed by atoms with Crippen LogP contribution in [0.3, 0.4) is 0 Å². The van der Waals surface area contributed by atoms with Gasteiger partial charge in [0.15, 0.2) is 0 Å². The summed E-state index contributed by atoms with van der Waals surface area (Å²) in [7, 11) is -3.39. The Hall–Kier alpha value is -0.510. The Morgan fingerprint density at radius 1 is 1.32 bits per heavy atom. The number of nitrogens with two attached hydrogens (primary N) is 1. The van der Waals surface area contributed by atoms with Crippen LogP contribution in [0.1, 0.15) is 17.8 Å². The van der Waals surface area contributed by atoms with E-state index in [-0.39, 0.29) is 18.4 Å². The first-order valence-electron chi connectivity index (χ1n) is 6.75. The number of halogens is 1. The number of thiazole rings is 1. The number of piperidine rings is 1. The van der Waals surface area contributed by atoms with Gasteiger partial charge in [0.05, 0.1) is 15.6 Å². The molecule has 0 unspecified atom stereocenters. The Morgan fingerprint density at radius 3 is 2.59 bits per heavy atom. The van der Waals surface area contributed by atoms with Gasteiger partial charge in [0, 0.05) is 24.5 Å². The van der Waals surface area contributed by atoms with Gasteiger partial charge < -0.3 is 5.73 Å². The van der Waals surface area contributed by atoms with Crippen molar-refractivity contribution in [3.8, 4) is 10.6 Å². The standard InChI is InChI=1S/C13H17N3O2S3.ClH/c1-9-15-11(8-19-9)12-2-3-13(20-12)21(17,18)16-6-4-10(14)5-7-16;/h2-3,8,10H,4-7,14H2,1H3;1H. The van der Waals surface area contributed by atoms with Crippen molar-refractivity contribution >= 4 is 45.1 Å². The summed E-state index contributed by atoms with van der Waals surface area (Å²) in [5.41, 5.74) is 6.69. The lowest BCUT2D eigenvalue weighted by atomic mass is 10.1. The van der Waals surface area contributed by atoms with Gasteiger partial charge >= 0.3 is 0 Å². The first kappa shape index (κ1) is 17.8. The van der Waals surface area contributed by atoms with Gasteiger partial charge in [-0.2, -0.15) is 4.31 Å². The molecule has 2 aromatic rings. The Kier molecular flexibility index (Phi) is 5.63. The molecule has 0 spiro atoms. The molecule has 1 saturated heterocycles. The predicted molar refractivity (Wildman–Crippen MR) is 93.4 cm³/mol. The number of hydrogen-bond donors (Lipinski definition) is 1. The molecule has 0 atom stereocenters. The number of hydrogen-bond acceptors (Lipinski definition) is 6. The Morgan fingerprint density at radius 2 is 2.00 bits per heavy atom. The highest BCUT2D eigenvalue weighted by atomic mass is 35.5. The zero-order chi connectivity index (χ0) is 15.0. The highest BCUT2D eigenvalue weighted by Gasteiger charge is 2.29. The first-order valence-corrected chi connectivity index (χ1v) is 9.88. The highest BCUT2D eigenvalue weighted by molar-refractivity contribution is 7.91. The quantitative estimate of drug-likeness (QED) is 0.889. The van der Waals surface area contributed by atoms with Crippen LogP contribution in [0.4, 0.5) is 0 Å². The summed E-state index contributed by atoms with van der Waals surface area (Å²) in [4.78, 5) is 5.30. The molecular weight excluding hydrogens is 362 g/mol. The second-order valence-electron chi connectivity index (χ2n) is 5.11. The van der Waals surface area contributed by atoms with Gasteiger partial charge in [0.1, 0.15) is 4.21 Å². The molecule has 1 aliphatic rings. The third kappa shape index (κ3) is 3.52. The van der Waals surface area contributed by atoms with Crippen LogP contribution in [0.2, 0.25) is 0 Å². The number of nitrogens with zero attached hydrogens (tertiary/aromatic N) is 2. The summed E-state index contributed by atoms with van der Waals surface area (Å²) < 4.78 is 27.2. The molecule has 0 radical (unpaired) electrons. The van der Waals surface area contributed by atoms with E-state index >= 15 is 0 Å². The van der Waals surface area contributed by atoms with E-state index < -0.39 is 10.0 Å². The van der Waals surface area contributed by atoms with E-state index in [2.05, 4.69) is 4.98 Å². The van der Waals surface area contributed by atoms with Crippen LogP contribution in [0, 0.1) is 6.92 Å². The van der Waals surface area contributed by atoms with Gasteiger partial charge in [0.25, 0.3) is 10.0 Å². The summed E-state index contributed by atoms with van der Waals surface area (Å²) >= 11 is 2.85. The lowest BCUT2D eigenvalue weighted by molar-refractivity contribution is 0.320. The molecule has 5 nitrogen and oxygen atoms in total. The number of sulfonamides is 1. The Bertz CT molecular complexity index is 733. The number of rotatable bonds is 3. The van der Waals surface area contributed by atoms with Crippen LogP contribution in [-0.2, 0) is 10.0 Å². The summed E-state index contributed by atoms with van der Waals surface area (Å²) in [6.45, 7) is 2.95. The maximum atomic E-state index is 12.6. The second-order valence-corrected chi connectivity index (χ2v) is 9.42. The van der Waals surface area contributed by atoms with Crippen molar-refractivity contribution in [2.75, 3.05) is 13.1 Å². The molecule has 0 aromatic carbocycles. The van der Waals surface area contributed by atoms with Crippen LogP contribution in [0.5, 0.6) is 0 Å². The van der Waals surface area contributed by atoms with E-state index in [1.165, 1.54) is 15.6 Å². The van der Waals surface area contributed by atoms with Crippen LogP contribution in [0.15, 0.2) is 21.7 Å². The fraction of sp³-hybridized carbons (Fsp3) is 0.462. The number of aryl methyl sites for hydroxylation is 1. The highest BCUT2D eigenvalue weighted by Crippen LogP contribution is 2.33. The van der Waals surface area contributed by atoms with Gasteiger partial charge in [-0.25, -0.2) is 13.4 Å². The maximum absolute atomic E-state index is 12.6. The zero-order valence-electron chi connectivity index (χ0n) is 12.1. The minimum absolute atomic E-state index is 0. The van der Waals surface area contributed by atoms with Gasteiger partial charge in [-0.05, 0) is 31.9 Å². The zero-order valence-corrected chi connectivity index (χ0v) is 15.3. The van der Waals surface area contributed by atoms with Gasteiger partial charge in [0.2, 0.25) is 0 Å². The molecular formula is C13H18ClN3O2S3. The Labute approximate surface area is 144 Å². The maximum Gasteiger partial charge on any atom is 0.252 e. The average molecular weight is 380 g/mol. The smallest absolute Gasteiger partial charge is 0.252 e. The van der Waals surface area contributed by atoms with Gasteiger partial charge in [-0.15, -0.1) is 35.1 Å². The lowest BCUT2D eigenvalue weighted by Crippen LogP contribution is -2.42. The van der Waals surface area contributed by atoms with E-state index in [4.69, 9.17) is 5.73 Å². The van der Waals surface area contributed by atoms with E-state index in [1.807, 2.05) is 18.4 Å². The summed E-state index contributed by atoms with van der Waals surface area (Å²) in [5, 5.41) is 2.94. The van der Waals surface area contributed by atoms with E-state index in [1.54, 1.807) is 17.4 Å². The molecule has 0 amide bonds. The van der Waals surface area contributed by atoms with Crippen LogP contribution >= 0.6 is 35.1 Å². The van der Waals surface area contributed by atoms with Gasteiger partial charge in [-0.3, -0.25) is 0 Å².